The molecule has 1 aliphatic heterocycles. The number of halogens is 1. The highest BCUT2D eigenvalue weighted by Gasteiger charge is 2.18. The Labute approximate surface area is 92.4 Å². The van der Waals surface area contributed by atoms with Crippen LogP contribution in [0.2, 0.25) is 0 Å². The van der Waals surface area contributed by atoms with Gasteiger partial charge in [0.2, 0.25) is 0 Å². The SMILES string of the molecule is CC(Cl)c1nnc(CC2CCCO2)s1. The number of hydrogen-bond donors (Lipinski definition) is 0. The zero-order valence-corrected chi connectivity index (χ0v) is 9.64. The molecule has 1 aliphatic rings. The smallest absolute Gasteiger partial charge is 0.135 e. The minimum absolute atomic E-state index is 0.0363. The van der Waals surface area contributed by atoms with Crippen LogP contribution in [0, 0.1) is 0 Å². The molecule has 0 amide bonds. The number of ether oxygens (including phenoxy) is 1. The molecule has 0 aromatic carbocycles. The average molecular weight is 233 g/mol. The van der Waals surface area contributed by atoms with Gasteiger partial charge >= 0.3 is 0 Å². The molecule has 2 rings (SSSR count). The fourth-order valence-electron chi connectivity index (χ4n) is 1.51. The van der Waals surface area contributed by atoms with E-state index in [9.17, 15) is 0 Å². The maximum absolute atomic E-state index is 5.91. The normalized spacial score (nSPS) is 24.0. The van der Waals surface area contributed by atoms with E-state index in [0.29, 0.717) is 6.10 Å². The topological polar surface area (TPSA) is 35.0 Å². The minimum Gasteiger partial charge on any atom is -0.378 e. The maximum Gasteiger partial charge on any atom is 0.135 e. The molecular formula is C9H13ClN2OS. The van der Waals surface area contributed by atoms with E-state index >= 15 is 0 Å². The Morgan fingerprint density at radius 2 is 2.50 bits per heavy atom. The predicted molar refractivity (Wildman–Crippen MR) is 56.9 cm³/mol. The lowest BCUT2D eigenvalue weighted by molar-refractivity contribution is 0.111. The molecule has 14 heavy (non-hydrogen) atoms. The van der Waals surface area contributed by atoms with Crippen LogP contribution >= 0.6 is 22.9 Å². The van der Waals surface area contributed by atoms with Crippen molar-refractivity contribution in [3.63, 3.8) is 0 Å². The van der Waals surface area contributed by atoms with Gasteiger partial charge in [-0.05, 0) is 19.8 Å². The lowest BCUT2D eigenvalue weighted by Gasteiger charge is -2.04. The van der Waals surface area contributed by atoms with E-state index in [1.165, 1.54) is 6.42 Å². The van der Waals surface area contributed by atoms with Gasteiger partial charge in [-0.15, -0.1) is 21.8 Å². The highest BCUT2D eigenvalue weighted by molar-refractivity contribution is 7.11. The maximum atomic E-state index is 5.91. The molecule has 5 heteroatoms. The second-order valence-electron chi connectivity index (χ2n) is 3.49. The quantitative estimate of drug-likeness (QED) is 0.752. The summed E-state index contributed by atoms with van der Waals surface area (Å²) < 4.78 is 5.53. The molecule has 0 saturated carbocycles. The van der Waals surface area contributed by atoms with Gasteiger partial charge in [-0.1, -0.05) is 11.3 Å². The third kappa shape index (κ3) is 2.43. The summed E-state index contributed by atoms with van der Waals surface area (Å²) in [4.78, 5) is 0. The summed E-state index contributed by atoms with van der Waals surface area (Å²) in [5.74, 6) is 0. The zero-order chi connectivity index (χ0) is 9.97. The van der Waals surface area contributed by atoms with Gasteiger partial charge in [0.1, 0.15) is 10.0 Å². The van der Waals surface area contributed by atoms with Gasteiger partial charge in [0, 0.05) is 13.0 Å². The van der Waals surface area contributed by atoms with Crippen molar-refractivity contribution in [2.45, 2.75) is 37.7 Å². The lowest BCUT2D eigenvalue weighted by Crippen LogP contribution is -2.08. The van der Waals surface area contributed by atoms with E-state index in [4.69, 9.17) is 16.3 Å². The van der Waals surface area contributed by atoms with Gasteiger partial charge in [0.05, 0.1) is 11.5 Å². The molecule has 3 nitrogen and oxygen atoms in total. The first-order chi connectivity index (χ1) is 6.75. The zero-order valence-electron chi connectivity index (χ0n) is 8.07. The number of rotatable bonds is 3. The number of alkyl halides is 1. The second-order valence-corrected chi connectivity index (χ2v) is 5.24. The fourth-order valence-corrected chi connectivity index (χ4v) is 2.52. The van der Waals surface area contributed by atoms with Gasteiger partial charge in [-0.3, -0.25) is 0 Å². The monoisotopic (exact) mass is 232 g/mol. The number of aromatic nitrogens is 2. The van der Waals surface area contributed by atoms with Crippen molar-refractivity contribution in [1.29, 1.82) is 0 Å². The Morgan fingerprint density at radius 1 is 1.64 bits per heavy atom. The molecule has 78 valence electrons. The van der Waals surface area contributed by atoms with Crippen LogP contribution < -0.4 is 0 Å². The van der Waals surface area contributed by atoms with Crippen LogP contribution in [0.15, 0.2) is 0 Å². The molecule has 1 fully saturated rings. The number of nitrogens with zero attached hydrogens (tertiary/aromatic N) is 2. The fraction of sp³-hybridized carbons (Fsp3) is 0.778. The first-order valence-electron chi connectivity index (χ1n) is 4.83. The van der Waals surface area contributed by atoms with E-state index in [1.54, 1.807) is 11.3 Å². The van der Waals surface area contributed by atoms with Gasteiger partial charge in [-0.25, -0.2) is 0 Å². The van der Waals surface area contributed by atoms with Crippen molar-refractivity contribution in [1.82, 2.24) is 10.2 Å². The molecule has 0 spiro atoms. The van der Waals surface area contributed by atoms with E-state index in [-0.39, 0.29) is 5.38 Å². The van der Waals surface area contributed by atoms with Crippen LogP contribution in [0.3, 0.4) is 0 Å². The highest BCUT2D eigenvalue weighted by Crippen LogP contribution is 2.25. The van der Waals surface area contributed by atoms with E-state index in [0.717, 1.165) is 29.5 Å². The first-order valence-corrected chi connectivity index (χ1v) is 6.09. The van der Waals surface area contributed by atoms with Gasteiger partial charge < -0.3 is 4.74 Å². The molecule has 1 aromatic rings. The molecule has 2 unspecified atom stereocenters. The van der Waals surface area contributed by atoms with Crippen molar-refractivity contribution in [2.75, 3.05) is 6.61 Å². The van der Waals surface area contributed by atoms with Crippen molar-refractivity contribution in [2.24, 2.45) is 0 Å². The largest absolute Gasteiger partial charge is 0.378 e. The second kappa shape index (κ2) is 4.55. The van der Waals surface area contributed by atoms with Crippen molar-refractivity contribution in [3.05, 3.63) is 10.0 Å². The molecule has 2 heterocycles. The molecule has 1 saturated heterocycles. The third-order valence-corrected chi connectivity index (χ3v) is 3.71. The van der Waals surface area contributed by atoms with Crippen LogP contribution in [0.5, 0.6) is 0 Å². The highest BCUT2D eigenvalue weighted by atomic mass is 35.5. The Morgan fingerprint density at radius 3 is 3.07 bits per heavy atom. The average Bonchev–Trinajstić information content (AvgIpc) is 2.75. The van der Waals surface area contributed by atoms with Crippen LogP contribution in [-0.4, -0.2) is 22.9 Å². The molecule has 0 aliphatic carbocycles. The molecular weight excluding hydrogens is 220 g/mol. The molecule has 0 N–H and O–H groups in total. The van der Waals surface area contributed by atoms with E-state index in [1.807, 2.05) is 6.92 Å². The summed E-state index contributed by atoms with van der Waals surface area (Å²) in [6, 6.07) is 0. The van der Waals surface area contributed by atoms with Crippen LogP contribution in [0.25, 0.3) is 0 Å². The standard InChI is InChI=1S/C9H13ClN2OS/c1-6(10)9-12-11-8(14-9)5-7-3-2-4-13-7/h6-7H,2-5H2,1H3. The molecule has 0 bridgehead atoms. The van der Waals surface area contributed by atoms with Crippen molar-refractivity contribution < 1.29 is 4.74 Å². The minimum atomic E-state index is -0.0363. The molecule has 2 atom stereocenters. The summed E-state index contributed by atoms with van der Waals surface area (Å²) in [6.07, 6.45) is 3.55. The Kier molecular flexibility index (Phi) is 3.36. The summed E-state index contributed by atoms with van der Waals surface area (Å²) >= 11 is 7.50. The summed E-state index contributed by atoms with van der Waals surface area (Å²) in [5, 5.41) is 10.1. The van der Waals surface area contributed by atoms with Crippen molar-refractivity contribution in [3.8, 4) is 0 Å². The van der Waals surface area contributed by atoms with Crippen LogP contribution in [0.4, 0.5) is 0 Å². The Balaban J connectivity index is 1.95. The summed E-state index contributed by atoms with van der Waals surface area (Å²) in [6.45, 7) is 2.81. The van der Waals surface area contributed by atoms with Crippen LogP contribution in [0.1, 0.15) is 35.2 Å². The summed E-state index contributed by atoms with van der Waals surface area (Å²) in [5.41, 5.74) is 0. The predicted octanol–water partition coefficient (Wildman–Crippen LogP) is 2.56. The molecule has 1 aromatic heterocycles. The van der Waals surface area contributed by atoms with E-state index < -0.39 is 0 Å². The third-order valence-electron chi connectivity index (χ3n) is 2.25. The Hall–Kier alpha value is -0.190. The molecule has 0 radical (unpaired) electrons. The van der Waals surface area contributed by atoms with Crippen molar-refractivity contribution >= 4 is 22.9 Å². The van der Waals surface area contributed by atoms with Gasteiger partial charge in [0.25, 0.3) is 0 Å². The van der Waals surface area contributed by atoms with Crippen LogP contribution in [-0.2, 0) is 11.2 Å². The summed E-state index contributed by atoms with van der Waals surface area (Å²) in [7, 11) is 0. The van der Waals surface area contributed by atoms with E-state index in [2.05, 4.69) is 10.2 Å². The van der Waals surface area contributed by atoms with Gasteiger partial charge in [-0.2, -0.15) is 0 Å². The Bertz CT molecular complexity index is 297. The lowest BCUT2D eigenvalue weighted by atomic mass is 10.2. The number of hydrogen-bond acceptors (Lipinski definition) is 4. The van der Waals surface area contributed by atoms with Gasteiger partial charge in [0.15, 0.2) is 0 Å². The first kappa shape index (κ1) is 10.3.